The summed E-state index contributed by atoms with van der Waals surface area (Å²) in [5.41, 5.74) is 0.567. The number of nitrogens with one attached hydrogen (secondary N) is 1. The number of hydrogen-bond acceptors (Lipinski definition) is 4. The number of carbonyl (C=O) groups is 2. The van der Waals surface area contributed by atoms with Crippen LogP contribution in [0.2, 0.25) is 0 Å². The molecular weight excluding hydrogens is 282 g/mol. The van der Waals surface area contributed by atoms with E-state index in [1.54, 1.807) is 35.2 Å². The van der Waals surface area contributed by atoms with Gasteiger partial charge in [0, 0.05) is 17.7 Å². The average molecular weight is 301 g/mol. The summed E-state index contributed by atoms with van der Waals surface area (Å²) in [5, 5.41) is 6.22. The first kappa shape index (κ1) is 15.8. The predicted octanol–water partition coefficient (Wildman–Crippen LogP) is 2.55. The van der Waals surface area contributed by atoms with E-state index in [-0.39, 0.29) is 24.4 Å². The number of amides is 2. The molecule has 6 nitrogen and oxygen atoms in total. The Bertz CT molecular complexity index is 611. The van der Waals surface area contributed by atoms with E-state index < -0.39 is 0 Å². The van der Waals surface area contributed by atoms with Gasteiger partial charge in [-0.2, -0.15) is 0 Å². The van der Waals surface area contributed by atoms with E-state index in [1.807, 2.05) is 19.9 Å². The van der Waals surface area contributed by atoms with Crippen molar-refractivity contribution in [2.75, 3.05) is 11.9 Å². The Labute approximate surface area is 129 Å². The Morgan fingerprint density at radius 2 is 2.00 bits per heavy atom. The van der Waals surface area contributed by atoms with Crippen molar-refractivity contribution in [1.82, 2.24) is 10.1 Å². The maximum Gasteiger partial charge on any atom is 0.254 e. The number of benzene rings is 1. The molecule has 1 aromatic heterocycles. The van der Waals surface area contributed by atoms with Crippen molar-refractivity contribution in [2.45, 2.75) is 26.3 Å². The highest BCUT2D eigenvalue weighted by Gasteiger charge is 2.23. The summed E-state index contributed by atoms with van der Waals surface area (Å²) in [6, 6.07) is 10.4. The minimum Gasteiger partial charge on any atom is -0.363 e. The highest BCUT2D eigenvalue weighted by atomic mass is 16.5. The van der Waals surface area contributed by atoms with Crippen LogP contribution in [0.4, 0.5) is 5.82 Å². The van der Waals surface area contributed by atoms with E-state index in [1.165, 1.54) is 6.26 Å². The van der Waals surface area contributed by atoms with Crippen molar-refractivity contribution >= 4 is 17.6 Å². The van der Waals surface area contributed by atoms with Gasteiger partial charge in [0.1, 0.15) is 12.8 Å². The number of nitrogens with zero attached hydrogens (tertiary/aromatic N) is 2. The third-order valence-electron chi connectivity index (χ3n) is 3.42. The Morgan fingerprint density at radius 3 is 2.59 bits per heavy atom. The molecule has 2 amide bonds. The van der Waals surface area contributed by atoms with Gasteiger partial charge in [-0.3, -0.25) is 9.59 Å². The number of hydrogen-bond donors (Lipinski definition) is 1. The highest BCUT2D eigenvalue weighted by Crippen LogP contribution is 2.11. The molecule has 22 heavy (non-hydrogen) atoms. The summed E-state index contributed by atoms with van der Waals surface area (Å²) in [6.07, 6.45) is 2.13. The molecule has 0 spiro atoms. The van der Waals surface area contributed by atoms with Gasteiger partial charge < -0.3 is 14.7 Å². The molecule has 1 atom stereocenters. The number of rotatable bonds is 6. The van der Waals surface area contributed by atoms with E-state index in [0.717, 1.165) is 6.42 Å². The quantitative estimate of drug-likeness (QED) is 0.889. The van der Waals surface area contributed by atoms with E-state index in [9.17, 15) is 9.59 Å². The number of carbonyl (C=O) groups excluding carboxylic acids is 2. The van der Waals surface area contributed by atoms with Gasteiger partial charge in [-0.15, -0.1) is 0 Å². The molecule has 0 radical (unpaired) electrons. The summed E-state index contributed by atoms with van der Waals surface area (Å²) in [4.78, 5) is 26.2. The first-order valence-electron chi connectivity index (χ1n) is 7.18. The van der Waals surface area contributed by atoms with Crippen LogP contribution in [0.15, 0.2) is 47.2 Å². The monoisotopic (exact) mass is 301 g/mol. The minimum atomic E-state index is -0.307. The average Bonchev–Trinajstić information content (AvgIpc) is 3.05. The maximum atomic E-state index is 12.6. The first-order valence-corrected chi connectivity index (χ1v) is 7.18. The summed E-state index contributed by atoms with van der Waals surface area (Å²) < 4.78 is 4.66. The van der Waals surface area contributed by atoms with Crippen LogP contribution in [0.1, 0.15) is 30.6 Å². The molecule has 1 aromatic carbocycles. The maximum absolute atomic E-state index is 12.6. The Morgan fingerprint density at radius 1 is 1.27 bits per heavy atom. The molecule has 1 N–H and O–H groups in total. The molecule has 0 bridgehead atoms. The van der Waals surface area contributed by atoms with Crippen molar-refractivity contribution in [1.29, 1.82) is 0 Å². The van der Waals surface area contributed by atoms with Gasteiger partial charge in [-0.25, -0.2) is 0 Å². The molecule has 0 saturated heterocycles. The molecule has 0 unspecified atom stereocenters. The molecular formula is C16H19N3O3. The largest absolute Gasteiger partial charge is 0.363 e. The molecule has 0 aliphatic heterocycles. The lowest BCUT2D eigenvalue weighted by Gasteiger charge is -2.28. The zero-order valence-electron chi connectivity index (χ0n) is 12.7. The van der Waals surface area contributed by atoms with Crippen molar-refractivity contribution in [3.05, 3.63) is 48.2 Å². The fraction of sp³-hybridized carbons (Fsp3) is 0.312. The SMILES string of the molecule is CC[C@H](C)N(CC(=O)Nc1ccon1)C(=O)c1ccccc1. The zero-order chi connectivity index (χ0) is 15.9. The van der Waals surface area contributed by atoms with E-state index in [0.29, 0.717) is 11.4 Å². The number of anilines is 1. The Hall–Kier alpha value is -2.63. The molecule has 0 saturated carbocycles. The van der Waals surface area contributed by atoms with Crippen LogP contribution in [0, 0.1) is 0 Å². The molecule has 2 rings (SSSR count). The standard InChI is InChI=1S/C16H19N3O3/c1-3-12(2)19(16(21)13-7-5-4-6-8-13)11-15(20)17-14-9-10-22-18-14/h4-10,12H,3,11H2,1-2H3,(H,17,18,20)/t12-/m0/s1. The van der Waals surface area contributed by atoms with Gasteiger partial charge in [0.25, 0.3) is 5.91 Å². The van der Waals surface area contributed by atoms with Gasteiger partial charge in [0.05, 0.1) is 0 Å². The second-order valence-corrected chi connectivity index (χ2v) is 4.99. The highest BCUT2D eigenvalue weighted by molar-refractivity contribution is 5.99. The first-order chi connectivity index (χ1) is 10.6. The molecule has 6 heteroatoms. The minimum absolute atomic E-state index is 0.0321. The fourth-order valence-corrected chi connectivity index (χ4v) is 2.01. The van der Waals surface area contributed by atoms with Crippen LogP contribution in [0.5, 0.6) is 0 Å². The third kappa shape index (κ3) is 3.94. The summed E-state index contributed by atoms with van der Waals surface area (Å²) in [6.45, 7) is 3.87. The van der Waals surface area contributed by atoms with Gasteiger partial charge in [-0.1, -0.05) is 30.3 Å². The second kappa shape index (κ2) is 7.40. The van der Waals surface area contributed by atoms with Crippen LogP contribution >= 0.6 is 0 Å². The number of aromatic nitrogens is 1. The lowest BCUT2D eigenvalue weighted by atomic mass is 10.1. The van der Waals surface area contributed by atoms with Crippen molar-refractivity contribution in [3.63, 3.8) is 0 Å². The van der Waals surface area contributed by atoms with Gasteiger partial charge >= 0.3 is 0 Å². The van der Waals surface area contributed by atoms with Crippen LogP contribution in [0.25, 0.3) is 0 Å². The molecule has 0 aliphatic carbocycles. The van der Waals surface area contributed by atoms with Gasteiger partial charge in [0.15, 0.2) is 5.82 Å². The summed E-state index contributed by atoms with van der Waals surface area (Å²) in [7, 11) is 0. The second-order valence-electron chi connectivity index (χ2n) is 4.99. The van der Waals surface area contributed by atoms with E-state index in [2.05, 4.69) is 15.0 Å². The van der Waals surface area contributed by atoms with Crippen molar-refractivity contribution < 1.29 is 14.1 Å². The van der Waals surface area contributed by atoms with Crippen molar-refractivity contribution in [2.24, 2.45) is 0 Å². The molecule has 2 aromatic rings. The third-order valence-corrected chi connectivity index (χ3v) is 3.42. The molecule has 0 aliphatic rings. The normalized spacial score (nSPS) is 11.7. The molecule has 116 valence electrons. The van der Waals surface area contributed by atoms with Gasteiger partial charge in [-0.05, 0) is 25.5 Å². The summed E-state index contributed by atoms with van der Waals surface area (Å²) in [5.74, 6) is -0.134. The summed E-state index contributed by atoms with van der Waals surface area (Å²) >= 11 is 0. The topological polar surface area (TPSA) is 75.4 Å². The lowest BCUT2D eigenvalue weighted by Crippen LogP contribution is -2.43. The zero-order valence-corrected chi connectivity index (χ0v) is 12.7. The van der Waals surface area contributed by atoms with Crippen LogP contribution in [-0.4, -0.2) is 34.5 Å². The van der Waals surface area contributed by atoms with E-state index in [4.69, 9.17) is 0 Å². The Kier molecular flexibility index (Phi) is 5.30. The van der Waals surface area contributed by atoms with Crippen LogP contribution in [0.3, 0.4) is 0 Å². The fourth-order valence-electron chi connectivity index (χ4n) is 2.01. The van der Waals surface area contributed by atoms with E-state index >= 15 is 0 Å². The molecule has 1 heterocycles. The molecule has 0 fully saturated rings. The lowest BCUT2D eigenvalue weighted by molar-refractivity contribution is -0.117. The Balaban J connectivity index is 2.09. The van der Waals surface area contributed by atoms with Crippen molar-refractivity contribution in [3.8, 4) is 0 Å². The van der Waals surface area contributed by atoms with Crippen LogP contribution in [-0.2, 0) is 4.79 Å². The van der Waals surface area contributed by atoms with Gasteiger partial charge in [0.2, 0.25) is 5.91 Å². The smallest absolute Gasteiger partial charge is 0.254 e. The predicted molar refractivity (Wildman–Crippen MR) is 82.4 cm³/mol. The van der Waals surface area contributed by atoms with Crippen LogP contribution < -0.4 is 5.32 Å².